The molecular formula is C26H24F3NO5. The molecule has 1 saturated heterocycles. The van der Waals surface area contributed by atoms with Gasteiger partial charge in [0, 0.05) is 11.4 Å². The molecule has 0 bridgehead atoms. The average Bonchev–Trinajstić information content (AvgIpc) is 3.62. The summed E-state index contributed by atoms with van der Waals surface area (Å²) in [6.45, 7) is 3.26. The molecule has 3 atom stereocenters. The molecule has 3 aromatic carbocycles. The molecule has 4 rings (SSSR count). The Morgan fingerprint density at radius 1 is 1.06 bits per heavy atom. The molecule has 0 amide bonds. The van der Waals surface area contributed by atoms with E-state index in [1.165, 1.54) is 18.2 Å². The van der Waals surface area contributed by atoms with Crippen molar-refractivity contribution in [3.63, 3.8) is 0 Å². The Morgan fingerprint density at radius 2 is 1.80 bits per heavy atom. The number of hydrogen-bond donors (Lipinski definition) is 2. The molecular weight excluding hydrogens is 463 g/mol. The molecule has 0 aliphatic carbocycles. The van der Waals surface area contributed by atoms with Crippen molar-refractivity contribution in [1.29, 1.82) is 0 Å². The maximum atomic E-state index is 13.4. The van der Waals surface area contributed by atoms with E-state index in [-0.39, 0.29) is 29.5 Å². The van der Waals surface area contributed by atoms with Crippen LogP contribution in [0.15, 0.2) is 60.7 Å². The molecule has 1 heterocycles. The molecule has 3 aromatic rings. The Morgan fingerprint density at radius 3 is 2.49 bits per heavy atom. The molecule has 0 aromatic heterocycles. The number of aliphatic carboxylic acids is 1. The number of ether oxygens (including phenoxy) is 2. The number of carbonyl (C=O) groups is 2. The number of alkyl halides is 3. The van der Waals surface area contributed by atoms with Crippen molar-refractivity contribution in [1.82, 2.24) is 5.32 Å². The van der Waals surface area contributed by atoms with Crippen molar-refractivity contribution in [2.45, 2.75) is 45.3 Å². The van der Waals surface area contributed by atoms with Crippen molar-refractivity contribution >= 4 is 22.5 Å². The van der Waals surface area contributed by atoms with Gasteiger partial charge in [0.15, 0.2) is 5.78 Å². The van der Waals surface area contributed by atoms with E-state index in [0.717, 1.165) is 5.39 Å². The summed E-state index contributed by atoms with van der Waals surface area (Å²) in [7, 11) is 0. The van der Waals surface area contributed by atoms with Gasteiger partial charge in [-0.3, -0.25) is 14.9 Å². The first-order valence-corrected chi connectivity index (χ1v) is 11.1. The van der Waals surface area contributed by atoms with Gasteiger partial charge in [-0.2, -0.15) is 0 Å². The predicted octanol–water partition coefficient (Wildman–Crippen LogP) is 5.34. The van der Waals surface area contributed by atoms with E-state index in [0.29, 0.717) is 17.4 Å². The second-order valence-corrected chi connectivity index (χ2v) is 8.71. The Labute approximate surface area is 199 Å². The van der Waals surface area contributed by atoms with Gasteiger partial charge in [-0.25, -0.2) is 0 Å². The van der Waals surface area contributed by atoms with E-state index < -0.39 is 29.8 Å². The minimum absolute atomic E-state index is 0.104. The van der Waals surface area contributed by atoms with Crippen LogP contribution >= 0.6 is 0 Å². The van der Waals surface area contributed by atoms with Crippen LogP contribution < -0.4 is 14.8 Å². The Hall–Kier alpha value is -3.59. The lowest BCUT2D eigenvalue weighted by atomic mass is 9.81. The number of rotatable bonds is 9. The lowest BCUT2D eigenvalue weighted by Gasteiger charge is -2.21. The highest BCUT2D eigenvalue weighted by Gasteiger charge is 2.56. The fourth-order valence-electron chi connectivity index (χ4n) is 4.17. The Bertz CT molecular complexity index is 1280. The molecule has 184 valence electrons. The van der Waals surface area contributed by atoms with Crippen LogP contribution in [-0.2, 0) is 11.4 Å². The van der Waals surface area contributed by atoms with Crippen LogP contribution in [0.25, 0.3) is 10.8 Å². The molecule has 1 aliphatic heterocycles. The maximum absolute atomic E-state index is 13.4. The van der Waals surface area contributed by atoms with E-state index in [4.69, 9.17) is 4.74 Å². The summed E-state index contributed by atoms with van der Waals surface area (Å²) in [5, 5.41) is 14.1. The minimum Gasteiger partial charge on any atom is -0.487 e. The molecule has 2 N–H and O–H groups in total. The summed E-state index contributed by atoms with van der Waals surface area (Å²) in [4.78, 5) is 25.2. The number of carboxylic acids is 1. The molecule has 9 heteroatoms. The van der Waals surface area contributed by atoms with E-state index in [1.54, 1.807) is 44.2 Å². The van der Waals surface area contributed by atoms with Crippen LogP contribution in [0.1, 0.15) is 36.2 Å². The number of ketones is 1. The standard InChI is InChI=1S/C26H24F3NO5/c1-3-25(2,24(32)33)23-20(30-23)21(31)19-12-11-16-8-4-5-10-18(16)22(19)34-14-15-7-6-9-17(13-15)35-26(27,28)29/h4-13,20,23,30H,3,14H2,1-2H3,(H,32,33). The van der Waals surface area contributed by atoms with Gasteiger partial charge >= 0.3 is 12.3 Å². The van der Waals surface area contributed by atoms with Gasteiger partial charge in [0.2, 0.25) is 0 Å². The second-order valence-electron chi connectivity index (χ2n) is 8.71. The van der Waals surface area contributed by atoms with E-state index in [2.05, 4.69) is 10.1 Å². The van der Waals surface area contributed by atoms with Crippen molar-refractivity contribution in [3.05, 3.63) is 71.8 Å². The number of nitrogens with one attached hydrogen (secondary N) is 1. The Balaban J connectivity index is 1.63. The largest absolute Gasteiger partial charge is 0.573 e. The number of hydrogen-bond acceptors (Lipinski definition) is 5. The van der Waals surface area contributed by atoms with E-state index in [1.807, 2.05) is 12.1 Å². The summed E-state index contributed by atoms with van der Waals surface area (Å²) < 4.78 is 47.7. The molecule has 1 aliphatic rings. The van der Waals surface area contributed by atoms with Gasteiger partial charge in [-0.15, -0.1) is 13.2 Å². The van der Waals surface area contributed by atoms with Gasteiger partial charge in [-0.1, -0.05) is 49.4 Å². The van der Waals surface area contributed by atoms with Gasteiger partial charge in [0.25, 0.3) is 0 Å². The zero-order valence-electron chi connectivity index (χ0n) is 19.1. The summed E-state index contributed by atoms with van der Waals surface area (Å²) in [6, 6.07) is 14.9. The molecule has 0 radical (unpaired) electrons. The van der Waals surface area contributed by atoms with Crippen LogP contribution in [0.5, 0.6) is 11.5 Å². The zero-order valence-corrected chi connectivity index (χ0v) is 19.1. The SMILES string of the molecule is CCC(C)(C(=O)O)C1NC1C(=O)c1ccc2ccccc2c1OCc1cccc(OC(F)(F)F)c1. The first-order valence-electron chi connectivity index (χ1n) is 11.1. The molecule has 6 nitrogen and oxygen atoms in total. The quantitative estimate of drug-likeness (QED) is 0.313. The van der Waals surface area contributed by atoms with Crippen LogP contribution in [0, 0.1) is 5.41 Å². The zero-order chi connectivity index (χ0) is 25.4. The van der Waals surface area contributed by atoms with Crippen molar-refractivity contribution in [2.75, 3.05) is 0 Å². The molecule has 1 fully saturated rings. The van der Waals surface area contributed by atoms with Gasteiger partial charge in [0.1, 0.15) is 18.1 Å². The average molecular weight is 487 g/mol. The summed E-state index contributed by atoms with van der Waals surface area (Å²) in [6.07, 6.45) is -4.47. The van der Waals surface area contributed by atoms with Crippen molar-refractivity contribution < 1.29 is 37.3 Å². The maximum Gasteiger partial charge on any atom is 0.573 e. The fourth-order valence-corrected chi connectivity index (χ4v) is 4.17. The lowest BCUT2D eigenvalue weighted by molar-refractivity contribution is -0.274. The van der Waals surface area contributed by atoms with Gasteiger partial charge in [0.05, 0.1) is 17.0 Å². The highest BCUT2D eigenvalue weighted by Crippen LogP contribution is 2.39. The number of carboxylic acid groups (broad SMARTS) is 1. The molecule has 0 saturated carbocycles. The number of fused-ring (bicyclic) bond motifs is 1. The Kier molecular flexibility index (Phi) is 6.46. The first kappa shape index (κ1) is 24.5. The van der Waals surface area contributed by atoms with Crippen LogP contribution in [0.2, 0.25) is 0 Å². The van der Waals surface area contributed by atoms with Gasteiger partial charge in [-0.05, 0) is 42.5 Å². The van der Waals surface area contributed by atoms with Crippen LogP contribution in [-0.4, -0.2) is 35.3 Å². The predicted molar refractivity (Wildman–Crippen MR) is 122 cm³/mol. The van der Waals surface area contributed by atoms with E-state index >= 15 is 0 Å². The highest BCUT2D eigenvalue weighted by atomic mass is 19.4. The third-order valence-electron chi connectivity index (χ3n) is 6.44. The molecule has 0 spiro atoms. The fraction of sp³-hybridized carbons (Fsp3) is 0.308. The number of Topliss-reactive ketones (excluding diaryl/α,β-unsaturated/α-hetero) is 1. The smallest absolute Gasteiger partial charge is 0.487 e. The van der Waals surface area contributed by atoms with E-state index in [9.17, 15) is 27.9 Å². The first-order chi connectivity index (χ1) is 16.5. The van der Waals surface area contributed by atoms with Crippen LogP contribution in [0.4, 0.5) is 13.2 Å². The lowest BCUT2D eigenvalue weighted by Crippen LogP contribution is -2.35. The third kappa shape index (κ3) is 5.09. The number of carbonyl (C=O) groups excluding carboxylic acids is 1. The monoisotopic (exact) mass is 487 g/mol. The van der Waals surface area contributed by atoms with Crippen molar-refractivity contribution in [2.24, 2.45) is 5.41 Å². The molecule has 3 unspecified atom stereocenters. The van der Waals surface area contributed by atoms with Crippen LogP contribution in [0.3, 0.4) is 0 Å². The van der Waals surface area contributed by atoms with Gasteiger partial charge < -0.3 is 14.6 Å². The summed E-state index contributed by atoms with van der Waals surface area (Å²) in [5.41, 5.74) is -0.405. The molecule has 35 heavy (non-hydrogen) atoms. The normalized spacial score (nSPS) is 19.1. The van der Waals surface area contributed by atoms with Crippen molar-refractivity contribution in [3.8, 4) is 11.5 Å². The number of benzene rings is 3. The minimum atomic E-state index is -4.81. The number of halogens is 3. The summed E-state index contributed by atoms with van der Waals surface area (Å²) in [5.74, 6) is -1.36. The highest BCUT2D eigenvalue weighted by molar-refractivity contribution is 6.09. The third-order valence-corrected chi connectivity index (χ3v) is 6.44. The second kappa shape index (κ2) is 9.22. The topological polar surface area (TPSA) is 94.8 Å². The summed E-state index contributed by atoms with van der Waals surface area (Å²) >= 11 is 0.